The normalized spacial score (nSPS) is 23.8. The van der Waals surface area contributed by atoms with Crippen LogP contribution in [-0.2, 0) is 4.74 Å². The molecule has 2 aliphatic rings. The van der Waals surface area contributed by atoms with Crippen LogP contribution in [0, 0.1) is 5.82 Å². The lowest BCUT2D eigenvalue weighted by atomic mass is 9.93. The van der Waals surface area contributed by atoms with Gasteiger partial charge in [-0.05, 0) is 42.7 Å². The van der Waals surface area contributed by atoms with E-state index >= 15 is 0 Å². The van der Waals surface area contributed by atoms with Crippen LogP contribution in [0.25, 0.3) is 0 Å². The Morgan fingerprint density at radius 1 is 1.17 bits per heavy atom. The summed E-state index contributed by atoms with van der Waals surface area (Å²) < 4.78 is 25.2. The number of morpholine rings is 1. The van der Waals surface area contributed by atoms with Crippen LogP contribution in [0.5, 0.6) is 5.75 Å². The molecule has 0 spiro atoms. The summed E-state index contributed by atoms with van der Waals surface area (Å²) in [4.78, 5) is 6.74. The molecule has 30 heavy (non-hydrogen) atoms. The standard InChI is InChI=1S/C23H28FN3O2.HI/c1-16-14-27(15-22(29-16)17-7-9-19(24)10-8-17)23(25-2)26-13-18-11-12-28-21-6-4-3-5-20(18)21;/h3-10,16,18,22H,11-15H2,1-2H3,(H,25,26);1H. The summed E-state index contributed by atoms with van der Waals surface area (Å²) in [5, 5.41) is 3.56. The summed E-state index contributed by atoms with van der Waals surface area (Å²) in [5.74, 6) is 2.01. The van der Waals surface area contributed by atoms with E-state index in [4.69, 9.17) is 9.47 Å². The van der Waals surface area contributed by atoms with Gasteiger partial charge in [-0.25, -0.2) is 4.39 Å². The first-order valence-corrected chi connectivity index (χ1v) is 10.2. The summed E-state index contributed by atoms with van der Waals surface area (Å²) in [6, 6.07) is 14.8. The maximum atomic E-state index is 13.3. The van der Waals surface area contributed by atoms with Crippen molar-refractivity contribution in [2.75, 3.05) is 33.3 Å². The number of aliphatic imine (C=N–C) groups is 1. The van der Waals surface area contributed by atoms with Crippen molar-refractivity contribution in [3.63, 3.8) is 0 Å². The SMILES string of the molecule is CN=C(NCC1CCOc2ccccc21)N1CC(C)OC(c2ccc(F)cc2)C1.I. The van der Waals surface area contributed by atoms with Gasteiger partial charge in [0, 0.05) is 26.1 Å². The topological polar surface area (TPSA) is 46.1 Å². The van der Waals surface area contributed by atoms with Gasteiger partial charge in [0.25, 0.3) is 0 Å². The fraction of sp³-hybridized carbons (Fsp3) is 0.435. The summed E-state index contributed by atoms with van der Waals surface area (Å²) in [7, 11) is 1.81. The molecule has 0 saturated carbocycles. The van der Waals surface area contributed by atoms with E-state index in [9.17, 15) is 4.39 Å². The van der Waals surface area contributed by atoms with Gasteiger partial charge in [0.1, 0.15) is 17.7 Å². The second-order valence-corrected chi connectivity index (χ2v) is 7.69. The lowest BCUT2D eigenvalue weighted by Crippen LogP contribution is -2.51. The molecule has 0 radical (unpaired) electrons. The quantitative estimate of drug-likeness (QED) is 0.368. The Morgan fingerprint density at radius 2 is 1.93 bits per heavy atom. The predicted molar refractivity (Wildman–Crippen MR) is 127 cm³/mol. The van der Waals surface area contributed by atoms with E-state index in [2.05, 4.69) is 34.3 Å². The molecule has 2 aliphatic heterocycles. The Bertz CT molecular complexity index is 862. The van der Waals surface area contributed by atoms with Gasteiger partial charge in [-0.3, -0.25) is 4.99 Å². The monoisotopic (exact) mass is 525 g/mol. The van der Waals surface area contributed by atoms with E-state index in [0.717, 1.165) is 43.4 Å². The number of hydrogen-bond acceptors (Lipinski definition) is 3. The number of ether oxygens (including phenoxy) is 2. The van der Waals surface area contributed by atoms with Crippen LogP contribution in [0.2, 0.25) is 0 Å². The highest BCUT2D eigenvalue weighted by Gasteiger charge is 2.29. The maximum Gasteiger partial charge on any atom is 0.193 e. The predicted octanol–water partition coefficient (Wildman–Crippen LogP) is 4.35. The van der Waals surface area contributed by atoms with E-state index in [1.165, 1.54) is 17.7 Å². The number of benzene rings is 2. The van der Waals surface area contributed by atoms with Crippen molar-refractivity contribution in [3.05, 3.63) is 65.5 Å². The average molecular weight is 525 g/mol. The van der Waals surface area contributed by atoms with Crippen molar-refractivity contribution in [1.29, 1.82) is 0 Å². The average Bonchev–Trinajstić information content (AvgIpc) is 2.74. The van der Waals surface area contributed by atoms with Crippen molar-refractivity contribution >= 4 is 29.9 Å². The zero-order valence-electron chi connectivity index (χ0n) is 17.4. The summed E-state index contributed by atoms with van der Waals surface area (Å²) in [5.41, 5.74) is 2.23. The molecule has 162 valence electrons. The van der Waals surface area contributed by atoms with Crippen LogP contribution in [0.15, 0.2) is 53.5 Å². The van der Waals surface area contributed by atoms with Crippen LogP contribution in [0.1, 0.15) is 36.5 Å². The zero-order chi connectivity index (χ0) is 20.2. The van der Waals surface area contributed by atoms with Gasteiger partial charge in [-0.2, -0.15) is 0 Å². The van der Waals surface area contributed by atoms with Gasteiger partial charge in [0.2, 0.25) is 0 Å². The molecule has 0 aliphatic carbocycles. The van der Waals surface area contributed by atoms with Gasteiger partial charge in [0.05, 0.1) is 19.3 Å². The van der Waals surface area contributed by atoms with Crippen LogP contribution in [-0.4, -0.2) is 50.3 Å². The fourth-order valence-corrected chi connectivity index (χ4v) is 4.16. The molecule has 1 N–H and O–H groups in total. The largest absolute Gasteiger partial charge is 0.493 e. The van der Waals surface area contributed by atoms with Gasteiger partial charge < -0.3 is 19.7 Å². The van der Waals surface area contributed by atoms with Crippen LogP contribution in [0.3, 0.4) is 0 Å². The molecule has 7 heteroatoms. The minimum Gasteiger partial charge on any atom is -0.493 e. The number of hydrogen-bond donors (Lipinski definition) is 1. The first kappa shape index (κ1) is 22.8. The lowest BCUT2D eigenvalue weighted by molar-refractivity contribution is -0.0605. The number of rotatable bonds is 3. The maximum absolute atomic E-state index is 13.3. The van der Waals surface area contributed by atoms with Gasteiger partial charge in [0.15, 0.2) is 5.96 Å². The highest BCUT2D eigenvalue weighted by molar-refractivity contribution is 14.0. The third-order valence-corrected chi connectivity index (χ3v) is 5.60. The Balaban J connectivity index is 0.00000256. The van der Waals surface area contributed by atoms with E-state index < -0.39 is 0 Å². The third kappa shape index (κ3) is 5.24. The van der Waals surface area contributed by atoms with E-state index in [-0.39, 0.29) is 42.0 Å². The zero-order valence-corrected chi connectivity index (χ0v) is 19.7. The molecule has 3 unspecified atom stereocenters. The molecule has 2 aromatic carbocycles. The van der Waals surface area contributed by atoms with Crippen molar-refractivity contribution < 1.29 is 13.9 Å². The molecular weight excluding hydrogens is 496 g/mol. The Kier molecular flexibility index (Phi) is 7.93. The number of nitrogens with one attached hydrogen (secondary N) is 1. The first-order chi connectivity index (χ1) is 14.1. The molecule has 3 atom stereocenters. The second-order valence-electron chi connectivity index (χ2n) is 7.69. The van der Waals surface area contributed by atoms with Crippen molar-refractivity contribution in [2.24, 2.45) is 4.99 Å². The molecular formula is C23H29FIN3O2. The Labute approximate surface area is 194 Å². The highest BCUT2D eigenvalue weighted by Crippen LogP contribution is 2.33. The highest BCUT2D eigenvalue weighted by atomic mass is 127. The lowest BCUT2D eigenvalue weighted by Gasteiger charge is -2.39. The number of nitrogens with zero attached hydrogens (tertiary/aromatic N) is 2. The summed E-state index contributed by atoms with van der Waals surface area (Å²) in [6.45, 7) is 5.05. The van der Waals surface area contributed by atoms with Crippen LogP contribution >= 0.6 is 24.0 Å². The first-order valence-electron chi connectivity index (χ1n) is 10.2. The number of halogens is 2. The molecule has 0 bridgehead atoms. The summed E-state index contributed by atoms with van der Waals surface area (Å²) >= 11 is 0. The number of para-hydroxylation sites is 1. The van der Waals surface area contributed by atoms with Crippen molar-refractivity contribution in [3.8, 4) is 5.75 Å². The Hall–Kier alpha value is -1.87. The van der Waals surface area contributed by atoms with E-state index in [1.807, 2.05) is 19.2 Å². The molecule has 2 aromatic rings. The number of fused-ring (bicyclic) bond motifs is 1. The number of guanidine groups is 1. The summed E-state index contributed by atoms with van der Waals surface area (Å²) in [6.07, 6.45) is 0.932. The molecule has 0 aromatic heterocycles. The van der Waals surface area contributed by atoms with Crippen LogP contribution < -0.4 is 10.1 Å². The fourth-order valence-electron chi connectivity index (χ4n) is 4.16. The van der Waals surface area contributed by atoms with Crippen LogP contribution in [0.4, 0.5) is 4.39 Å². The third-order valence-electron chi connectivity index (χ3n) is 5.60. The van der Waals surface area contributed by atoms with Gasteiger partial charge >= 0.3 is 0 Å². The van der Waals surface area contributed by atoms with Gasteiger partial charge in [-0.15, -0.1) is 24.0 Å². The molecule has 2 heterocycles. The molecule has 0 amide bonds. The minimum atomic E-state index is -0.233. The molecule has 1 fully saturated rings. The molecule has 5 nitrogen and oxygen atoms in total. The van der Waals surface area contributed by atoms with E-state index in [1.54, 1.807) is 12.1 Å². The smallest absolute Gasteiger partial charge is 0.193 e. The molecule has 4 rings (SSSR count). The second kappa shape index (κ2) is 10.4. The van der Waals surface area contributed by atoms with E-state index in [0.29, 0.717) is 12.5 Å². The molecule has 1 saturated heterocycles. The van der Waals surface area contributed by atoms with Crippen molar-refractivity contribution in [2.45, 2.75) is 31.5 Å². The van der Waals surface area contributed by atoms with Crippen molar-refractivity contribution in [1.82, 2.24) is 10.2 Å². The van der Waals surface area contributed by atoms with Gasteiger partial charge in [-0.1, -0.05) is 30.3 Å². The minimum absolute atomic E-state index is 0. The Morgan fingerprint density at radius 3 is 2.70 bits per heavy atom.